The molecule has 2 fully saturated rings. The number of rotatable bonds is 5. The zero-order valence-electron chi connectivity index (χ0n) is 20.3. The summed E-state index contributed by atoms with van der Waals surface area (Å²) < 4.78 is 23.1. The summed E-state index contributed by atoms with van der Waals surface area (Å²) in [5.41, 5.74) is -0.830. The second kappa shape index (κ2) is 8.43. The summed E-state index contributed by atoms with van der Waals surface area (Å²) in [5, 5.41) is 0. The lowest BCUT2D eigenvalue weighted by Crippen LogP contribution is -2.59. The third-order valence-corrected chi connectivity index (χ3v) is 8.43. The number of epoxide rings is 1. The van der Waals surface area contributed by atoms with Crippen LogP contribution in [0.25, 0.3) is 0 Å². The highest BCUT2D eigenvalue weighted by Gasteiger charge is 2.83. The first-order valence-corrected chi connectivity index (χ1v) is 15.3. The van der Waals surface area contributed by atoms with Crippen molar-refractivity contribution in [2.45, 2.75) is 82.1 Å². The van der Waals surface area contributed by atoms with Crippen LogP contribution in [0, 0.1) is 12.3 Å². The number of carbonyl (C=O) groups excluding carboxylic acids is 3. The van der Waals surface area contributed by atoms with Crippen molar-refractivity contribution in [3.63, 3.8) is 0 Å². The molecule has 0 unspecified atom stereocenters. The molecule has 1 saturated heterocycles. The molecule has 182 valence electrons. The van der Waals surface area contributed by atoms with E-state index in [0.29, 0.717) is 36.4 Å². The summed E-state index contributed by atoms with van der Waals surface area (Å²) in [5.74, 6) is 2.18. The van der Waals surface area contributed by atoms with E-state index in [4.69, 9.17) is 25.4 Å². The van der Waals surface area contributed by atoms with Gasteiger partial charge in [0.2, 0.25) is 0 Å². The van der Waals surface area contributed by atoms with Crippen molar-refractivity contribution in [1.82, 2.24) is 0 Å². The Kier molecular flexibility index (Phi) is 6.03. The largest absolute Gasteiger partial charge is 0.459 e. The van der Waals surface area contributed by atoms with Gasteiger partial charge in [-0.1, -0.05) is 25.6 Å². The molecule has 0 radical (unpaired) electrons. The van der Waals surface area contributed by atoms with E-state index >= 15 is 0 Å². The highest BCUT2D eigenvalue weighted by atomic mass is 28.3. The van der Waals surface area contributed by atoms with Gasteiger partial charge in [0, 0.05) is 27.5 Å². The lowest BCUT2D eigenvalue weighted by Gasteiger charge is -2.43. The van der Waals surface area contributed by atoms with Crippen molar-refractivity contribution in [2.75, 3.05) is 11.5 Å². The summed E-state index contributed by atoms with van der Waals surface area (Å²) in [6, 6.07) is 5.04. The summed E-state index contributed by atoms with van der Waals surface area (Å²) in [6.07, 6.45) is 6.78. The molecule has 4 atom stereocenters. The minimum Gasteiger partial charge on any atom is -0.459 e. The maximum atomic E-state index is 13.4. The second-order valence-electron chi connectivity index (χ2n) is 10.4. The maximum Gasteiger partial charge on any atom is 0.415 e. The van der Waals surface area contributed by atoms with Gasteiger partial charge in [-0.25, -0.2) is 4.79 Å². The van der Waals surface area contributed by atoms with Gasteiger partial charge in [0.15, 0.2) is 5.60 Å². The minimum absolute atomic E-state index is 0.304. The van der Waals surface area contributed by atoms with E-state index in [-0.39, 0.29) is 0 Å². The molecule has 1 aromatic carbocycles. The number of anilines is 1. The molecule has 0 bridgehead atoms. The van der Waals surface area contributed by atoms with E-state index in [2.05, 4.69) is 25.6 Å². The van der Waals surface area contributed by atoms with Gasteiger partial charge in [-0.2, -0.15) is 0 Å². The number of esters is 2. The maximum absolute atomic E-state index is 13.4. The van der Waals surface area contributed by atoms with Crippen molar-refractivity contribution in [3.05, 3.63) is 23.8 Å². The molecule has 1 aliphatic carbocycles. The first-order chi connectivity index (χ1) is 15.9. The summed E-state index contributed by atoms with van der Waals surface area (Å²) in [4.78, 5) is 38.4. The molecule has 0 spiro atoms. The predicted octanol–water partition coefficient (Wildman–Crippen LogP) is 3.99. The fraction of sp³-hybridized carbons (Fsp3) is 0.560. The summed E-state index contributed by atoms with van der Waals surface area (Å²) >= 11 is 0. The van der Waals surface area contributed by atoms with Crippen LogP contribution in [-0.4, -0.2) is 50.5 Å². The smallest absolute Gasteiger partial charge is 0.415 e. The third kappa shape index (κ3) is 3.89. The van der Waals surface area contributed by atoms with Gasteiger partial charge in [-0.05, 0) is 43.5 Å². The van der Waals surface area contributed by atoms with Gasteiger partial charge < -0.3 is 18.9 Å². The Balaban J connectivity index is 1.80. The Hall–Kier alpha value is -2.83. The number of terminal acetylenes is 1. The first-order valence-electron chi connectivity index (χ1n) is 11.6. The van der Waals surface area contributed by atoms with E-state index < -0.39 is 49.5 Å². The molecule has 1 amide bonds. The molecule has 2 aliphatic heterocycles. The van der Waals surface area contributed by atoms with Crippen LogP contribution in [0.5, 0.6) is 5.75 Å². The van der Waals surface area contributed by atoms with Crippen molar-refractivity contribution >= 4 is 31.8 Å². The molecule has 8 nitrogen and oxygen atoms in total. The Bertz CT molecular complexity index is 1070. The van der Waals surface area contributed by atoms with Crippen LogP contribution >= 0.6 is 0 Å². The fourth-order valence-corrected chi connectivity index (χ4v) is 6.03. The normalized spacial score (nSPS) is 29.0. The third-order valence-electron chi connectivity index (χ3n) is 6.73. The van der Waals surface area contributed by atoms with E-state index in [9.17, 15) is 14.4 Å². The number of benzene rings is 1. The summed E-state index contributed by atoms with van der Waals surface area (Å²) in [7, 11) is -1.41. The van der Waals surface area contributed by atoms with E-state index in [1.165, 1.54) is 18.7 Å². The van der Waals surface area contributed by atoms with Crippen molar-refractivity contribution in [2.24, 2.45) is 0 Å². The lowest BCUT2D eigenvalue weighted by molar-refractivity contribution is -0.151. The molecule has 34 heavy (non-hydrogen) atoms. The highest BCUT2D eigenvalue weighted by molar-refractivity contribution is 6.76. The van der Waals surface area contributed by atoms with E-state index in [0.717, 1.165) is 12.5 Å². The Morgan fingerprint density at radius 2 is 1.97 bits per heavy atom. The zero-order chi connectivity index (χ0) is 24.9. The number of nitrogens with zero attached hydrogens (tertiary/aromatic N) is 1. The quantitative estimate of drug-likeness (QED) is 0.205. The van der Waals surface area contributed by atoms with E-state index in [1.807, 2.05) is 0 Å². The Morgan fingerprint density at radius 3 is 2.59 bits per heavy atom. The number of carbonyl (C=O) groups is 3. The lowest BCUT2D eigenvalue weighted by atomic mass is 9.67. The molecular formula is C25H31NO7Si. The van der Waals surface area contributed by atoms with Gasteiger partial charge in [-0.3, -0.25) is 14.5 Å². The molecule has 1 saturated carbocycles. The highest BCUT2D eigenvalue weighted by Crippen LogP contribution is 2.71. The van der Waals surface area contributed by atoms with E-state index in [1.54, 1.807) is 18.2 Å². The number of hydrogen-bond acceptors (Lipinski definition) is 7. The Labute approximate surface area is 200 Å². The standard InChI is InChI=1S/C25H31NO7Si/c1-7-21-24-12-8-9-22(32-17(3)28)25(24,33-24)19-15-18(31-16(2)27)10-11-20(19)26(21)23(29)30-13-14-34(4,5)6/h1,10-11,15,21-22H,8-9,12-14H2,2-6H3/t21-,22+,24-,25-/m0/s1. The molecule has 0 N–H and O–H groups in total. The van der Waals surface area contributed by atoms with Gasteiger partial charge in [0.1, 0.15) is 23.5 Å². The molecular weight excluding hydrogens is 454 g/mol. The van der Waals surface area contributed by atoms with Crippen molar-refractivity contribution in [3.8, 4) is 18.1 Å². The van der Waals surface area contributed by atoms with Crippen molar-refractivity contribution in [1.29, 1.82) is 0 Å². The van der Waals surface area contributed by atoms with Crippen LogP contribution < -0.4 is 9.64 Å². The number of amides is 1. The van der Waals surface area contributed by atoms with Gasteiger partial charge in [-0.15, -0.1) is 6.42 Å². The van der Waals surface area contributed by atoms with Gasteiger partial charge >= 0.3 is 18.0 Å². The van der Waals surface area contributed by atoms with Crippen LogP contribution in [0.4, 0.5) is 10.5 Å². The first kappa shape index (κ1) is 24.3. The molecule has 1 aromatic rings. The van der Waals surface area contributed by atoms with Crippen molar-refractivity contribution < 1.29 is 33.3 Å². The molecule has 0 aromatic heterocycles. The topological polar surface area (TPSA) is 94.7 Å². The predicted molar refractivity (Wildman–Crippen MR) is 127 cm³/mol. The van der Waals surface area contributed by atoms with Crippen LogP contribution in [0.15, 0.2) is 18.2 Å². The molecule has 2 heterocycles. The minimum atomic E-state index is -1.41. The SMILES string of the molecule is C#C[C@@H]1N(C(=O)OCC[Si](C)(C)C)c2ccc(OC(C)=O)cc2[C@@]23O[C@@]12CCC[C@H]3OC(C)=O. The average Bonchev–Trinajstić information content (AvgIpc) is 3.44. The molecule has 3 aliphatic rings. The zero-order valence-corrected chi connectivity index (χ0v) is 21.3. The van der Waals surface area contributed by atoms with Crippen LogP contribution in [-0.2, 0) is 29.4 Å². The number of hydrogen-bond donors (Lipinski definition) is 0. The monoisotopic (exact) mass is 485 g/mol. The van der Waals surface area contributed by atoms with Gasteiger partial charge in [0.25, 0.3) is 0 Å². The second-order valence-corrected chi connectivity index (χ2v) is 16.0. The molecule has 9 heteroatoms. The Morgan fingerprint density at radius 1 is 1.24 bits per heavy atom. The average molecular weight is 486 g/mol. The number of fused-ring (bicyclic) bond motifs is 1. The van der Waals surface area contributed by atoms with Crippen LogP contribution in [0.2, 0.25) is 25.7 Å². The summed E-state index contributed by atoms with van der Waals surface area (Å²) in [6.45, 7) is 9.60. The number of ether oxygens (including phenoxy) is 4. The fourth-order valence-electron chi connectivity index (χ4n) is 5.31. The van der Waals surface area contributed by atoms with Gasteiger partial charge in [0.05, 0.1) is 12.3 Å². The molecule has 4 rings (SSSR count). The van der Waals surface area contributed by atoms with Crippen LogP contribution in [0.1, 0.15) is 38.7 Å². The van der Waals surface area contributed by atoms with Crippen LogP contribution in [0.3, 0.4) is 0 Å².